The molecule has 0 radical (unpaired) electrons. The summed E-state index contributed by atoms with van der Waals surface area (Å²) in [5.74, 6) is -0.548. The molecular weight excluding hydrogens is 332 g/mol. The van der Waals surface area contributed by atoms with Crippen molar-refractivity contribution in [2.75, 3.05) is 13.1 Å². The second-order valence-corrected chi connectivity index (χ2v) is 6.78. The maximum atomic E-state index is 12.4. The number of piperidine rings is 1. The van der Waals surface area contributed by atoms with E-state index >= 15 is 0 Å². The SMILES string of the molecule is CC(=O)N1CCC[C@@](O)(C(=O)NCc2ccc(Cn3cccn3)cc2)C1. The lowest BCUT2D eigenvalue weighted by molar-refractivity contribution is -0.150. The van der Waals surface area contributed by atoms with Crippen molar-refractivity contribution in [3.63, 3.8) is 0 Å². The van der Waals surface area contributed by atoms with E-state index in [4.69, 9.17) is 0 Å². The third-order valence-corrected chi connectivity index (χ3v) is 4.72. The third kappa shape index (κ3) is 4.29. The van der Waals surface area contributed by atoms with Gasteiger partial charge in [-0.15, -0.1) is 0 Å². The molecule has 1 aliphatic heterocycles. The van der Waals surface area contributed by atoms with E-state index < -0.39 is 11.5 Å². The Morgan fingerprint density at radius 1 is 1.27 bits per heavy atom. The molecule has 0 saturated carbocycles. The number of hydrogen-bond acceptors (Lipinski definition) is 4. The molecule has 7 nitrogen and oxygen atoms in total. The van der Waals surface area contributed by atoms with Crippen LogP contribution >= 0.6 is 0 Å². The molecule has 2 amide bonds. The number of β-amino-alcohol motifs (C(OH)–C–C–N with tert-alkyl or cyclic N) is 1. The molecule has 2 aromatic rings. The van der Waals surface area contributed by atoms with Crippen LogP contribution < -0.4 is 5.32 Å². The smallest absolute Gasteiger partial charge is 0.254 e. The average Bonchev–Trinajstić information content (AvgIpc) is 3.14. The molecule has 138 valence electrons. The maximum absolute atomic E-state index is 12.4. The lowest BCUT2D eigenvalue weighted by Gasteiger charge is -2.37. The topological polar surface area (TPSA) is 87.5 Å². The molecule has 1 atom stereocenters. The number of amides is 2. The number of carbonyl (C=O) groups excluding carboxylic acids is 2. The Morgan fingerprint density at radius 3 is 2.65 bits per heavy atom. The number of nitrogens with one attached hydrogen (secondary N) is 1. The molecule has 3 rings (SSSR count). The largest absolute Gasteiger partial charge is 0.378 e. The average molecular weight is 356 g/mol. The van der Waals surface area contributed by atoms with E-state index in [1.165, 1.54) is 11.8 Å². The third-order valence-electron chi connectivity index (χ3n) is 4.72. The minimum atomic E-state index is -1.51. The molecule has 1 aliphatic rings. The van der Waals surface area contributed by atoms with Crippen molar-refractivity contribution in [1.29, 1.82) is 0 Å². The van der Waals surface area contributed by atoms with E-state index in [1.54, 1.807) is 6.20 Å². The minimum absolute atomic E-state index is 0.0526. The number of hydrogen-bond donors (Lipinski definition) is 2. The molecule has 26 heavy (non-hydrogen) atoms. The Kier molecular flexibility index (Phi) is 5.37. The highest BCUT2D eigenvalue weighted by Gasteiger charge is 2.40. The van der Waals surface area contributed by atoms with Crippen molar-refractivity contribution < 1.29 is 14.7 Å². The Bertz CT molecular complexity index is 758. The normalized spacial score (nSPS) is 20.0. The van der Waals surface area contributed by atoms with Crippen LogP contribution in [0.3, 0.4) is 0 Å². The van der Waals surface area contributed by atoms with Crippen LogP contribution in [0.2, 0.25) is 0 Å². The molecular formula is C19H24N4O3. The van der Waals surface area contributed by atoms with Gasteiger partial charge in [0.1, 0.15) is 0 Å². The van der Waals surface area contributed by atoms with Gasteiger partial charge >= 0.3 is 0 Å². The summed E-state index contributed by atoms with van der Waals surface area (Å²) >= 11 is 0. The van der Waals surface area contributed by atoms with E-state index in [0.717, 1.165) is 11.1 Å². The van der Waals surface area contributed by atoms with Gasteiger partial charge in [0.05, 0.1) is 13.1 Å². The first-order chi connectivity index (χ1) is 12.5. The molecule has 1 saturated heterocycles. The van der Waals surface area contributed by atoms with Gasteiger partial charge in [0.15, 0.2) is 5.60 Å². The Labute approximate surface area is 152 Å². The minimum Gasteiger partial charge on any atom is -0.378 e. The van der Waals surface area contributed by atoms with Gasteiger partial charge in [0.25, 0.3) is 5.91 Å². The Hall–Kier alpha value is -2.67. The zero-order valence-electron chi connectivity index (χ0n) is 14.9. The summed E-state index contributed by atoms with van der Waals surface area (Å²) in [6.45, 7) is 3.12. The summed E-state index contributed by atoms with van der Waals surface area (Å²) in [6.07, 6.45) is 4.63. The summed E-state index contributed by atoms with van der Waals surface area (Å²) in [7, 11) is 0. The number of nitrogens with zero attached hydrogens (tertiary/aromatic N) is 3. The van der Waals surface area contributed by atoms with Gasteiger partial charge in [0.2, 0.25) is 5.91 Å². The van der Waals surface area contributed by atoms with Gasteiger partial charge in [-0.1, -0.05) is 24.3 Å². The second kappa shape index (κ2) is 7.70. The van der Waals surface area contributed by atoms with E-state index in [1.807, 2.05) is 41.2 Å². The molecule has 7 heteroatoms. The number of rotatable bonds is 5. The number of benzene rings is 1. The molecule has 1 aromatic heterocycles. The second-order valence-electron chi connectivity index (χ2n) is 6.78. The summed E-state index contributed by atoms with van der Waals surface area (Å²) < 4.78 is 1.84. The lowest BCUT2D eigenvalue weighted by Crippen LogP contribution is -2.57. The van der Waals surface area contributed by atoms with Crippen molar-refractivity contribution in [1.82, 2.24) is 20.0 Å². The van der Waals surface area contributed by atoms with Crippen molar-refractivity contribution in [2.45, 2.75) is 38.5 Å². The molecule has 0 aliphatic carbocycles. The number of likely N-dealkylation sites (tertiary alicyclic amines) is 1. The highest BCUT2D eigenvalue weighted by atomic mass is 16.3. The van der Waals surface area contributed by atoms with Crippen LogP contribution in [0, 0.1) is 0 Å². The van der Waals surface area contributed by atoms with Gasteiger partial charge < -0.3 is 15.3 Å². The number of aliphatic hydroxyl groups is 1. The monoisotopic (exact) mass is 356 g/mol. The zero-order chi connectivity index (χ0) is 18.6. The Balaban J connectivity index is 1.54. The quantitative estimate of drug-likeness (QED) is 0.834. The fraction of sp³-hybridized carbons (Fsp3) is 0.421. The molecule has 1 aromatic carbocycles. The van der Waals surface area contributed by atoms with Gasteiger partial charge in [0, 0.05) is 32.4 Å². The van der Waals surface area contributed by atoms with Crippen LogP contribution in [0.25, 0.3) is 0 Å². The predicted octanol–water partition coefficient (Wildman–Crippen LogP) is 0.921. The van der Waals surface area contributed by atoms with Gasteiger partial charge in [-0.05, 0) is 30.0 Å². The van der Waals surface area contributed by atoms with Crippen LogP contribution in [0.4, 0.5) is 0 Å². The van der Waals surface area contributed by atoms with Crippen LogP contribution in [0.1, 0.15) is 30.9 Å². The fourth-order valence-corrected chi connectivity index (χ4v) is 3.18. The van der Waals surface area contributed by atoms with E-state index in [9.17, 15) is 14.7 Å². The molecule has 0 unspecified atom stereocenters. The van der Waals surface area contributed by atoms with Crippen molar-refractivity contribution >= 4 is 11.8 Å². The van der Waals surface area contributed by atoms with Gasteiger partial charge in [-0.25, -0.2) is 0 Å². The molecule has 1 fully saturated rings. The number of aromatic nitrogens is 2. The molecule has 2 heterocycles. The zero-order valence-corrected chi connectivity index (χ0v) is 14.9. The van der Waals surface area contributed by atoms with Crippen LogP contribution in [-0.2, 0) is 22.7 Å². The van der Waals surface area contributed by atoms with Crippen molar-refractivity contribution in [3.8, 4) is 0 Å². The number of carbonyl (C=O) groups is 2. The van der Waals surface area contributed by atoms with E-state index in [0.29, 0.717) is 32.5 Å². The summed E-state index contributed by atoms with van der Waals surface area (Å²) in [5, 5.41) is 17.6. The molecule has 0 spiro atoms. The Morgan fingerprint density at radius 2 is 2.00 bits per heavy atom. The summed E-state index contributed by atoms with van der Waals surface area (Å²) in [6, 6.07) is 9.77. The van der Waals surface area contributed by atoms with E-state index in [2.05, 4.69) is 10.4 Å². The standard InChI is InChI=1S/C19H24N4O3/c1-15(24)22-10-2-8-19(26,14-22)18(25)20-12-16-4-6-17(7-5-16)13-23-11-3-9-21-23/h3-7,9,11,26H,2,8,10,12-14H2,1H3,(H,20,25)/t19-/m0/s1. The highest BCUT2D eigenvalue weighted by molar-refractivity contribution is 5.86. The molecule has 2 N–H and O–H groups in total. The van der Waals surface area contributed by atoms with Crippen LogP contribution in [0.5, 0.6) is 0 Å². The van der Waals surface area contributed by atoms with E-state index in [-0.39, 0.29) is 12.5 Å². The van der Waals surface area contributed by atoms with Crippen molar-refractivity contribution in [2.24, 2.45) is 0 Å². The van der Waals surface area contributed by atoms with Crippen LogP contribution in [-0.4, -0.2) is 50.3 Å². The van der Waals surface area contributed by atoms with Gasteiger partial charge in [-0.3, -0.25) is 14.3 Å². The summed E-state index contributed by atoms with van der Waals surface area (Å²) in [5.41, 5.74) is 0.557. The fourth-order valence-electron chi connectivity index (χ4n) is 3.18. The first kappa shape index (κ1) is 18.1. The lowest BCUT2D eigenvalue weighted by atomic mass is 9.91. The van der Waals surface area contributed by atoms with Crippen molar-refractivity contribution in [3.05, 3.63) is 53.9 Å². The van der Waals surface area contributed by atoms with Gasteiger partial charge in [-0.2, -0.15) is 5.10 Å². The van der Waals surface area contributed by atoms with Crippen LogP contribution in [0.15, 0.2) is 42.7 Å². The molecule has 0 bridgehead atoms. The maximum Gasteiger partial charge on any atom is 0.254 e. The first-order valence-electron chi connectivity index (χ1n) is 8.78. The predicted molar refractivity (Wildman–Crippen MR) is 96.1 cm³/mol. The first-order valence-corrected chi connectivity index (χ1v) is 8.78. The summed E-state index contributed by atoms with van der Waals surface area (Å²) in [4.78, 5) is 25.5. The highest BCUT2D eigenvalue weighted by Crippen LogP contribution is 2.21.